The van der Waals surface area contributed by atoms with Gasteiger partial charge in [-0.15, -0.1) is 0 Å². The first kappa shape index (κ1) is 13.2. The van der Waals surface area contributed by atoms with Gasteiger partial charge in [-0.05, 0) is 12.1 Å². The lowest BCUT2D eigenvalue weighted by Crippen LogP contribution is -2.28. The normalized spacial score (nSPS) is 18.9. The van der Waals surface area contributed by atoms with Gasteiger partial charge in [0, 0.05) is 18.1 Å². The molecule has 0 N–H and O–H groups in total. The Hall–Kier alpha value is -2.19. The predicted molar refractivity (Wildman–Crippen MR) is 55.1 cm³/mol. The Bertz CT molecular complexity index is 556. The summed E-state index contributed by atoms with van der Waals surface area (Å²) in [5, 5.41) is 13.8. The number of benzene rings is 1. The van der Waals surface area contributed by atoms with Crippen LogP contribution in [-0.2, 0) is 4.84 Å². The number of halogens is 4. The maximum Gasteiger partial charge on any atom is 0.428 e. The van der Waals surface area contributed by atoms with Crippen LogP contribution in [0.25, 0.3) is 0 Å². The molecule has 0 saturated carbocycles. The van der Waals surface area contributed by atoms with Crippen molar-refractivity contribution in [2.24, 2.45) is 5.16 Å². The summed E-state index contributed by atoms with van der Waals surface area (Å²) in [6, 6.07) is 2.75. The molecule has 2 rings (SSSR count). The van der Waals surface area contributed by atoms with E-state index in [0.29, 0.717) is 0 Å². The molecule has 0 saturated heterocycles. The smallest absolute Gasteiger partial charge is 0.382 e. The highest BCUT2D eigenvalue weighted by Gasteiger charge is 2.45. The number of nitrogens with zero attached hydrogens (tertiary/aromatic N) is 2. The van der Waals surface area contributed by atoms with E-state index < -0.39 is 35.1 Å². The summed E-state index contributed by atoms with van der Waals surface area (Å²) < 4.78 is 50.1. The lowest BCUT2D eigenvalue weighted by atomic mass is 10.0. The van der Waals surface area contributed by atoms with Crippen molar-refractivity contribution in [2.75, 3.05) is 0 Å². The van der Waals surface area contributed by atoms with Crippen LogP contribution in [0, 0.1) is 15.9 Å². The molecule has 1 aliphatic heterocycles. The van der Waals surface area contributed by atoms with Gasteiger partial charge >= 0.3 is 11.9 Å². The van der Waals surface area contributed by atoms with Gasteiger partial charge in [0.1, 0.15) is 0 Å². The molecule has 1 atom stereocenters. The van der Waals surface area contributed by atoms with Crippen LogP contribution >= 0.6 is 0 Å². The summed E-state index contributed by atoms with van der Waals surface area (Å²) in [5.74, 6) is -1.07. The highest BCUT2D eigenvalue weighted by atomic mass is 19.4. The zero-order valence-corrected chi connectivity index (χ0v) is 9.15. The summed E-state index contributed by atoms with van der Waals surface area (Å²) in [6.07, 6.45) is -7.21. The van der Waals surface area contributed by atoms with Crippen molar-refractivity contribution in [2.45, 2.75) is 18.7 Å². The fourth-order valence-corrected chi connectivity index (χ4v) is 1.56. The molecule has 0 aromatic heterocycles. The maximum absolute atomic E-state index is 13.1. The number of alkyl halides is 3. The van der Waals surface area contributed by atoms with E-state index in [1.807, 2.05) is 0 Å². The van der Waals surface area contributed by atoms with Crippen molar-refractivity contribution in [1.82, 2.24) is 0 Å². The first-order chi connectivity index (χ1) is 8.79. The highest BCUT2D eigenvalue weighted by molar-refractivity contribution is 6.01. The topological polar surface area (TPSA) is 64.7 Å². The Kier molecular flexibility index (Phi) is 3.13. The van der Waals surface area contributed by atoms with Crippen LogP contribution < -0.4 is 0 Å². The molecule has 0 amide bonds. The van der Waals surface area contributed by atoms with Crippen molar-refractivity contribution < 1.29 is 27.3 Å². The summed E-state index contributed by atoms with van der Waals surface area (Å²) in [6.45, 7) is 0. The Balaban J connectivity index is 2.25. The lowest BCUT2D eigenvalue weighted by Gasteiger charge is -2.11. The largest absolute Gasteiger partial charge is 0.428 e. The van der Waals surface area contributed by atoms with Gasteiger partial charge in [-0.2, -0.15) is 17.6 Å². The fourth-order valence-electron chi connectivity index (χ4n) is 1.56. The number of hydrogen-bond donors (Lipinski definition) is 0. The van der Waals surface area contributed by atoms with Crippen molar-refractivity contribution in [3.8, 4) is 0 Å². The van der Waals surface area contributed by atoms with E-state index in [-0.39, 0.29) is 11.3 Å². The van der Waals surface area contributed by atoms with Crippen LogP contribution in [0.5, 0.6) is 0 Å². The van der Waals surface area contributed by atoms with E-state index >= 15 is 0 Å². The average Bonchev–Trinajstić information content (AvgIpc) is 2.78. The molecule has 19 heavy (non-hydrogen) atoms. The molecule has 0 bridgehead atoms. The quantitative estimate of drug-likeness (QED) is 0.474. The van der Waals surface area contributed by atoms with Crippen LogP contribution in [0.4, 0.5) is 23.2 Å². The minimum absolute atomic E-state index is 0.0276. The SMILES string of the molecule is O=[N+]([O-])c1cc(C2=NOC(C(F)(F)F)C2)ccc1F. The fraction of sp³-hybridized carbons (Fsp3) is 0.300. The number of hydrogen-bond acceptors (Lipinski definition) is 4. The molecule has 1 unspecified atom stereocenters. The second-order valence-corrected chi connectivity index (χ2v) is 3.80. The van der Waals surface area contributed by atoms with Gasteiger partial charge in [0.15, 0.2) is 0 Å². The Labute approximate surface area is 103 Å². The van der Waals surface area contributed by atoms with Gasteiger partial charge in [-0.3, -0.25) is 10.1 Å². The first-order valence-electron chi connectivity index (χ1n) is 5.03. The number of nitro groups is 1. The van der Waals surface area contributed by atoms with E-state index in [2.05, 4.69) is 9.99 Å². The van der Waals surface area contributed by atoms with Crippen molar-refractivity contribution in [1.29, 1.82) is 0 Å². The molecule has 5 nitrogen and oxygen atoms in total. The van der Waals surface area contributed by atoms with E-state index in [4.69, 9.17) is 0 Å². The number of nitro benzene ring substituents is 1. The maximum atomic E-state index is 13.1. The van der Waals surface area contributed by atoms with Crippen molar-refractivity contribution in [3.63, 3.8) is 0 Å². The highest BCUT2D eigenvalue weighted by Crippen LogP contribution is 2.31. The summed E-state index contributed by atoms with van der Waals surface area (Å²) in [4.78, 5) is 13.8. The first-order valence-corrected chi connectivity index (χ1v) is 5.03. The Morgan fingerprint density at radius 2 is 2.11 bits per heavy atom. The standard InChI is InChI=1S/C10H6F4N2O3/c11-6-2-1-5(3-8(6)16(17)18)7-4-9(19-15-7)10(12,13)14/h1-3,9H,4H2. The van der Waals surface area contributed by atoms with Gasteiger partial charge in [0.05, 0.1) is 10.6 Å². The molecule has 1 heterocycles. The molecule has 0 aliphatic carbocycles. The second kappa shape index (κ2) is 4.48. The van der Waals surface area contributed by atoms with E-state index in [0.717, 1.165) is 18.2 Å². The van der Waals surface area contributed by atoms with Crippen LogP contribution in [0.1, 0.15) is 12.0 Å². The third kappa shape index (κ3) is 2.64. The third-order valence-electron chi connectivity index (χ3n) is 2.51. The monoisotopic (exact) mass is 278 g/mol. The van der Waals surface area contributed by atoms with Crippen LogP contribution in [0.3, 0.4) is 0 Å². The van der Waals surface area contributed by atoms with E-state index in [1.54, 1.807) is 0 Å². The van der Waals surface area contributed by atoms with Crippen LogP contribution in [0.2, 0.25) is 0 Å². The minimum atomic E-state index is -4.57. The molecule has 0 radical (unpaired) electrons. The molecule has 0 fully saturated rings. The zero-order chi connectivity index (χ0) is 14.2. The molecule has 102 valence electrons. The molecule has 1 aliphatic rings. The Morgan fingerprint density at radius 3 is 2.63 bits per heavy atom. The number of oxime groups is 1. The molecule has 1 aromatic carbocycles. The number of rotatable bonds is 2. The molecule has 9 heteroatoms. The van der Waals surface area contributed by atoms with E-state index in [9.17, 15) is 27.7 Å². The van der Waals surface area contributed by atoms with Crippen LogP contribution in [0.15, 0.2) is 23.4 Å². The Morgan fingerprint density at radius 1 is 1.42 bits per heavy atom. The minimum Gasteiger partial charge on any atom is -0.382 e. The van der Waals surface area contributed by atoms with Crippen molar-refractivity contribution in [3.05, 3.63) is 39.7 Å². The molecular weight excluding hydrogens is 272 g/mol. The summed E-state index contributed by atoms with van der Waals surface area (Å²) in [5.41, 5.74) is -0.902. The second-order valence-electron chi connectivity index (χ2n) is 3.80. The summed E-state index contributed by atoms with van der Waals surface area (Å²) >= 11 is 0. The van der Waals surface area contributed by atoms with Crippen LogP contribution in [-0.4, -0.2) is 22.9 Å². The van der Waals surface area contributed by atoms with Gasteiger partial charge in [0.2, 0.25) is 11.9 Å². The molecule has 0 spiro atoms. The zero-order valence-electron chi connectivity index (χ0n) is 9.15. The van der Waals surface area contributed by atoms with Crippen molar-refractivity contribution >= 4 is 11.4 Å². The van der Waals surface area contributed by atoms with Gasteiger partial charge in [-0.25, -0.2) is 0 Å². The van der Waals surface area contributed by atoms with Gasteiger partial charge in [-0.1, -0.05) is 5.16 Å². The molecular formula is C10H6F4N2O3. The average molecular weight is 278 g/mol. The van der Waals surface area contributed by atoms with Gasteiger partial charge < -0.3 is 4.84 Å². The third-order valence-corrected chi connectivity index (χ3v) is 2.51. The predicted octanol–water partition coefficient (Wildman–Crippen LogP) is 2.79. The van der Waals surface area contributed by atoms with Gasteiger partial charge in [0.25, 0.3) is 0 Å². The summed E-state index contributed by atoms with van der Waals surface area (Å²) in [7, 11) is 0. The molecule has 1 aromatic rings. The van der Waals surface area contributed by atoms with E-state index in [1.165, 1.54) is 0 Å². The lowest BCUT2D eigenvalue weighted by molar-refractivity contribution is -0.387.